The van der Waals surface area contributed by atoms with Gasteiger partial charge in [-0.15, -0.1) is 10.2 Å². The van der Waals surface area contributed by atoms with E-state index in [0.717, 1.165) is 63.5 Å². The van der Waals surface area contributed by atoms with Gasteiger partial charge in [0.1, 0.15) is 18.5 Å². The molecular weight excluding hydrogens is 345 g/mol. The summed E-state index contributed by atoms with van der Waals surface area (Å²) in [5, 5.41) is 14.5. The van der Waals surface area contributed by atoms with Crippen LogP contribution in [-0.4, -0.2) is 53.4 Å². The molecule has 146 valence electrons. The first kappa shape index (κ1) is 19.1. The van der Waals surface area contributed by atoms with Crippen molar-refractivity contribution in [2.24, 2.45) is 4.99 Å². The minimum absolute atomic E-state index is 0.179. The maximum Gasteiger partial charge on any atom is 0.191 e. The Balaban J connectivity index is 1.34. The van der Waals surface area contributed by atoms with Crippen LogP contribution in [0.2, 0.25) is 0 Å². The second-order valence-electron chi connectivity index (χ2n) is 6.79. The SMILES string of the molecule is CN=C(NCCCCn1cnnc1)NC1CCN(c2cccc(F)c2)CC1. The third-order valence-electron chi connectivity index (χ3n) is 4.83. The van der Waals surface area contributed by atoms with E-state index in [2.05, 4.69) is 30.7 Å². The largest absolute Gasteiger partial charge is 0.371 e. The number of aryl methyl sites for hydroxylation is 1. The number of nitrogens with zero attached hydrogens (tertiary/aromatic N) is 5. The zero-order chi connectivity index (χ0) is 18.9. The Kier molecular flexibility index (Phi) is 7.01. The highest BCUT2D eigenvalue weighted by Gasteiger charge is 2.20. The molecule has 8 heteroatoms. The van der Waals surface area contributed by atoms with Gasteiger partial charge < -0.3 is 20.1 Å². The normalized spacial score (nSPS) is 15.8. The van der Waals surface area contributed by atoms with Crippen molar-refractivity contribution in [2.75, 3.05) is 31.6 Å². The highest BCUT2D eigenvalue weighted by molar-refractivity contribution is 5.79. The number of anilines is 1. The number of nitrogens with one attached hydrogen (secondary N) is 2. The number of aromatic nitrogens is 3. The molecule has 1 saturated heterocycles. The molecule has 0 amide bonds. The van der Waals surface area contributed by atoms with Gasteiger partial charge in [-0.2, -0.15) is 0 Å². The maximum atomic E-state index is 13.4. The fourth-order valence-electron chi connectivity index (χ4n) is 3.31. The van der Waals surface area contributed by atoms with Crippen molar-refractivity contribution in [3.05, 3.63) is 42.7 Å². The zero-order valence-electron chi connectivity index (χ0n) is 15.8. The van der Waals surface area contributed by atoms with Gasteiger partial charge in [0.05, 0.1) is 0 Å². The van der Waals surface area contributed by atoms with E-state index in [1.165, 1.54) is 6.07 Å². The average molecular weight is 373 g/mol. The smallest absolute Gasteiger partial charge is 0.191 e. The quantitative estimate of drug-likeness (QED) is 0.442. The molecule has 1 aromatic carbocycles. The number of halogens is 1. The van der Waals surface area contributed by atoms with Crippen LogP contribution in [0.1, 0.15) is 25.7 Å². The van der Waals surface area contributed by atoms with Crippen LogP contribution in [0.15, 0.2) is 41.9 Å². The lowest BCUT2D eigenvalue weighted by Gasteiger charge is -2.34. The van der Waals surface area contributed by atoms with Crippen LogP contribution in [0.5, 0.6) is 0 Å². The molecule has 7 nitrogen and oxygen atoms in total. The summed E-state index contributed by atoms with van der Waals surface area (Å²) in [5.41, 5.74) is 0.962. The molecule has 0 bridgehead atoms. The van der Waals surface area contributed by atoms with Crippen molar-refractivity contribution in [3.63, 3.8) is 0 Å². The average Bonchev–Trinajstić information content (AvgIpc) is 3.21. The minimum Gasteiger partial charge on any atom is -0.371 e. The lowest BCUT2D eigenvalue weighted by molar-refractivity contribution is 0.460. The molecule has 3 rings (SSSR count). The van der Waals surface area contributed by atoms with Crippen LogP contribution in [0.25, 0.3) is 0 Å². The van der Waals surface area contributed by atoms with Crippen LogP contribution in [0.4, 0.5) is 10.1 Å². The van der Waals surface area contributed by atoms with E-state index in [-0.39, 0.29) is 5.82 Å². The fraction of sp³-hybridized carbons (Fsp3) is 0.526. The van der Waals surface area contributed by atoms with E-state index in [1.807, 2.05) is 10.6 Å². The van der Waals surface area contributed by atoms with E-state index < -0.39 is 0 Å². The van der Waals surface area contributed by atoms with Gasteiger partial charge in [0.2, 0.25) is 0 Å². The molecule has 0 saturated carbocycles. The topological polar surface area (TPSA) is 70.4 Å². The number of guanidine groups is 1. The van der Waals surface area contributed by atoms with E-state index in [4.69, 9.17) is 0 Å². The van der Waals surface area contributed by atoms with E-state index in [1.54, 1.807) is 31.8 Å². The standard InChI is InChI=1S/C19H28FN7/c1-21-19(22-9-2-3-10-26-14-23-24-15-26)25-17-7-11-27(12-8-17)18-6-4-5-16(20)13-18/h4-6,13-15,17H,2-3,7-12H2,1H3,(H2,21,22,25). The van der Waals surface area contributed by atoms with Crippen molar-refractivity contribution in [1.82, 2.24) is 25.4 Å². The Labute approximate surface area is 159 Å². The van der Waals surface area contributed by atoms with Gasteiger partial charge in [0.25, 0.3) is 0 Å². The van der Waals surface area contributed by atoms with Gasteiger partial charge >= 0.3 is 0 Å². The molecule has 1 aromatic heterocycles. The van der Waals surface area contributed by atoms with Crippen LogP contribution in [-0.2, 0) is 6.54 Å². The molecule has 0 radical (unpaired) electrons. The van der Waals surface area contributed by atoms with Crippen molar-refractivity contribution >= 4 is 11.6 Å². The summed E-state index contributed by atoms with van der Waals surface area (Å²) >= 11 is 0. The molecular formula is C19H28FN7. The van der Waals surface area contributed by atoms with Gasteiger partial charge in [0, 0.05) is 45.0 Å². The molecule has 2 aromatic rings. The van der Waals surface area contributed by atoms with Crippen molar-refractivity contribution in [1.29, 1.82) is 0 Å². The summed E-state index contributed by atoms with van der Waals surface area (Å²) in [7, 11) is 1.80. The number of aliphatic imine (C=N–C) groups is 1. The second kappa shape index (κ2) is 9.89. The molecule has 2 heterocycles. The number of benzene rings is 1. The Morgan fingerprint density at radius 2 is 2.00 bits per heavy atom. The van der Waals surface area contributed by atoms with E-state index >= 15 is 0 Å². The lowest BCUT2D eigenvalue weighted by atomic mass is 10.0. The number of piperidine rings is 1. The second-order valence-corrected chi connectivity index (χ2v) is 6.79. The fourth-order valence-corrected chi connectivity index (χ4v) is 3.31. The molecule has 1 aliphatic heterocycles. The Morgan fingerprint density at radius 3 is 2.70 bits per heavy atom. The van der Waals surface area contributed by atoms with Crippen molar-refractivity contribution in [2.45, 2.75) is 38.3 Å². The van der Waals surface area contributed by atoms with Crippen molar-refractivity contribution < 1.29 is 4.39 Å². The summed E-state index contributed by atoms with van der Waals surface area (Å²) in [4.78, 5) is 6.56. The van der Waals surface area contributed by atoms with Crippen LogP contribution >= 0.6 is 0 Å². The number of unbranched alkanes of at least 4 members (excludes halogenated alkanes) is 1. The van der Waals surface area contributed by atoms with E-state index in [9.17, 15) is 4.39 Å². The number of hydrogen-bond acceptors (Lipinski definition) is 4. The predicted molar refractivity (Wildman–Crippen MR) is 105 cm³/mol. The first-order valence-corrected chi connectivity index (χ1v) is 9.54. The van der Waals surface area contributed by atoms with Gasteiger partial charge in [-0.05, 0) is 43.9 Å². The molecule has 2 N–H and O–H groups in total. The lowest BCUT2D eigenvalue weighted by Crippen LogP contribution is -2.48. The summed E-state index contributed by atoms with van der Waals surface area (Å²) < 4.78 is 15.4. The molecule has 0 spiro atoms. The highest BCUT2D eigenvalue weighted by atomic mass is 19.1. The predicted octanol–water partition coefficient (Wildman–Crippen LogP) is 2.03. The van der Waals surface area contributed by atoms with E-state index in [0.29, 0.717) is 6.04 Å². The number of rotatable bonds is 7. The van der Waals surface area contributed by atoms with Crippen LogP contribution < -0.4 is 15.5 Å². The summed E-state index contributed by atoms with van der Waals surface area (Å²) in [6, 6.07) is 7.22. The maximum absolute atomic E-state index is 13.4. The van der Waals surface area contributed by atoms with Gasteiger partial charge in [0.15, 0.2) is 5.96 Å². The van der Waals surface area contributed by atoms with Crippen LogP contribution in [0, 0.1) is 5.82 Å². The van der Waals surface area contributed by atoms with Gasteiger partial charge in [-0.3, -0.25) is 4.99 Å². The summed E-state index contributed by atoms with van der Waals surface area (Å²) in [6.07, 6.45) is 7.61. The Morgan fingerprint density at radius 1 is 1.22 bits per heavy atom. The first-order chi connectivity index (χ1) is 13.2. The van der Waals surface area contributed by atoms with Crippen LogP contribution in [0.3, 0.4) is 0 Å². The zero-order valence-corrected chi connectivity index (χ0v) is 15.8. The minimum atomic E-state index is -0.179. The number of hydrogen-bond donors (Lipinski definition) is 2. The summed E-state index contributed by atoms with van der Waals surface area (Å²) in [5.74, 6) is 0.671. The third-order valence-corrected chi connectivity index (χ3v) is 4.83. The third kappa shape index (κ3) is 5.94. The van der Waals surface area contributed by atoms with Gasteiger partial charge in [-0.1, -0.05) is 6.07 Å². The highest BCUT2D eigenvalue weighted by Crippen LogP contribution is 2.20. The van der Waals surface area contributed by atoms with Crippen molar-refractivity contribution in [3.8, 4) is 0 Å². The molecule has 1 fully saturated rings. The monoisotopic (exact) mass is 373 g/mol. The van der Waals surface area contributed by atoms with Gasteiger partial charge in [-0.25, -0.2) is 4.39 Å². The Bertz CT molecular complexity index is 709. The molecule has 0 aliphatic carbocycles. The molecule has 27 heavy (non-hydrogen) atoms. The Hall–Kier alpha value is -2.64. The molecule has 1 aliphatic rings. The first-order valence-electron chi connectivity index (χ1n) is 9.54. The summed E-state index contributed by atoms with van der Waals surface area (Å²) in [6.45, 7) is 3.64. The molecule has 0 atom stereocenters. The molecule has 0 unspecified atom stereocenters.